The molecule has 1 aromatic carbocycles. The van der Waals surface area contributed by atoms with E-state index in [9.17, 15) is 14.3 Å². The number of benzene rings is 1. The van der Waals surface area contributed by atoms with E-state index in [2.05, 4.69) is 10.5 Å². The zero-order chi connectivity index (χ0) is 17.2. The number of nitrogens with zero attached hydrogens (tertiary/aromatic N) is 1. The van der Waals surface area contributed by atoms with E-state index in [0.29, 0.717) is 17.8 Å². The third-order valence-corrected chi connectivity index (χ3v) is 5.12. The molecule has 1 aliphatic carbocycles. The van der Waals surface area contributed by atoms with Gasteiger partial charge in [0, 0.05) is 23.9 Å². The van der Waals surface area contributed by atoms with E-state index >= 15 is 0 Å². The minimum Gasteiger partial charge on any atom is -0.396 e. The maximum absolute atomic E-state index is 13.3. The van der Waals surface area contributed by atoms with Crippen molar-refractivity contribution in [2.45, 2.75) is 44.6 Å². The van der Waals surface area contributed by atoms with Crippen LogP contribution < -0.4 is 5.32 Å². The number of rotatable bonds is 5. The first-order chi connectivity index (χ1) is 11.5. The Balaban J connectivity index is 1.62. The van der Waals surface area contributed by atoms with Crippen molar-refractivity contribution in [3.63, 3.8) is 0 Å². The molecule has 0 saturated heterocycles. The van der Waals surface area contributed by atoms with Gasteiger partial charge in [-0.1, -0.05) is 30.1 Å². The van der Waals surface area contributed by atoms with Gasteiger partial charge in [0.05, 0.1) is 12.3 Å². The summed E-state index contributed by atoms with van der Waals surface area (Å²) in [6.07, 6.45) is 4.29. The minimum absolute atomic E-state index is 0.0793. The second-order valence-corrected chi connectivity index (χ2v) is 7.10. The smallest absolute Gasteiger partial charge is 0.267 e. The van der Waals surface area contributed by atoms with E-state index in [4.69, 9.17) is 4.84 Å². The van der Waals surface area contributed by atoms with Gasteiger partial charge in [0.1, 0.15) is 5.82 Å². The molecule has 130 valence electrons. The van der Waals surface area contributed by atoms with Crippen LogP contribution in [0.4, 0.5) is 4.39 Å². The summed E-state index contributed by atoms with van der Waals surface area (Å²) in [4.78, 5) is 17.9. The molecule has 0 aromatic heterocycles. The molecule has 24 heavy (non-hydrogen) atoms. The van der Waals surface area contributed by atoms with E-state index in [-0.39, 0.29) is 30.2 Å². The van der Waals surface area contributed by atoms with Gasteiger partial charge in [-0.25, -0.2) is 4.39 Å². The van der Waals surface area contributed by atoms with Crippen molar-refractivity contribution in [1.82, 2.24) is 5.32 Å². The van der Waals surface area contributed by atoms with E-state index in [1.54, 1.807) is 19.1 Å². The Morgan fingerprint density at radius 2 is 2.17 bits per heavy atom. The molecule has 2 N–H and O–H groups in total. The number of halogens is 1. The van der Waals surface area contributed by atoms with E-state index < -0.39 is 5.60 Å². The first-order valence-corrected chi connectivity index (χ1v) is 8.37. The third kappa shape index (κ3) is 3.29. The predicted octanol–water partition coefficient (Wildman–Crippen LogP) is 2.38. The molecule has 6 heteroatoms. The molecule has 3 rings (SSSR count). The Labute approximate surface area is 140 Å². The Bertz CT molecular complexity index is 655. The molecule has 1 aliphatic heterocycles. The molecule has 0 spiro atoms. The molecular formula is C18H23FN2O3. The second kappa shape index (κ2) is 6.51. The van der Waals surface area contributed by atoms with Crippen molar-refractivity contribution in [1.29, 1.82) is 0 Å². The highest BCUT2D eigenvalue weighted by molar-refractivity contribution is 6.05. The minimum atomic E-state index is -1.10. The average Bonchev–Trinajstić information content (AvgIpc) is 3.21. The summed E-state index contributed by atoms with van der Waals surface area (Å²) in [6.45, 7) is 2.20. The Kier molecular flexibility index (Phi) is 4.58. The van der Waals surface area contributed by atoms with Crippen molar-refractivity contribution < 1.29 is 19.1 Å². The van der Waals surface area contributed by atoms with Crippen molar-refractivity contribution in [3.05, 3.63) is 35.6 Å². The van der Waals surface area contributed by atoms with Gasteiger partial charge in [0.2, 0.25) is 5.60 Å². The molecule has 1 unspecified atom stereocenters. The summed E-state index contributed by atoms with van der Waals surface area (Å²) in [7, 11) is 0. The first kappa shape index (κ1) is 16.9. The van der Waals surface area contributed by atoms with Gasteiger partial charge in [-0.3, -0.25) is 4.79 Å². The Morgan fingerprint density at radius 1 is 1.42 bits per heavy atom. The van der Waals surface area contributed by atoms with Gasteiger partial charge < -0.3 is 15.3 Å². The summed E-state index contributed by atoms with van der Waals surface area (Å²) < 4.78 is 13.3. The van der Waals surface area contributed by atoms with E-state index in [1.165, 1.54) is 12.1 Å². The van der Waals surface area contributed by atoms with Crippen LogP contribution >= 0.6 is 0 Å². The molecule has 1 heterocycles. The highest BCUT2D eigenvalue weighted by atomic mass is 19.1. The lowest BCUT2D eigenvalue weighted by Gasteiger charge is -2.29. The predicted molar refractivity (Wildman–Crippen MR) is 88.0 cm³/mol. The molecule has 5 nitrogen and oxygen atoms in total. The van der Waals surface area contributed by atoms with Crippen LogP contribution in [0.3, 0.4) is 0 Å². The van der Waals surface area contributed by atoms with Crippen LogP contribution in [-0.4, -0.2) is 35.5 Å². The number of nitrogens with one attached hydrogen (secondary N) is 1. The van der Waals surface area contributed by atoms with Crippen LogP contribution in [0.25, 0.3) is 0 Å². The lowest BCUT2D eigenvalue weighted by molar-refractivity contribution is -0.142. The van der Waals surface area contributed by atoms with Gasteiger partial charge >= 0.3 is 0 Å². The maximum atomic E-state index is 13.3. The molecule has 0 radical (unpaired) electrons. The Hall–Kier alpha value is -1.95. The lowest BCUT2D eigenvalue weighted by Crippen LogP contribution is -2.48. The van der Waals surface area contributed by atoms with Crippen LogP contribution in [-0.2, 0) is 9.63 Å². The lowest BCUT2D eigenvalue weighted by atomic mass is 9.86. The highest BCUT2D eigenvalue weighted by Crippen LogP contribution is 2.37. The van der Waals surface area contributed by atoms with E-state index in [0.717, 1.165) is 25.7 Å². The normalized spacial score (nSPS) is 25.2. The highest BCUT2D eigenvalue weighted by Gasteiger charge is 2.43. The molecule has 0 bridgehead atoms. The largest absolute Gasteiger partial charge is 0.396 e. The summed E-state index contributed by atoms with van der Waals surface area (Å²) in [5.41, 5.74) is -0.132. The Morgan fingerprint density at radius 3 is 2.83 bits per heavy atom. The molecular weight excluding hydrogens is 311 g/mol. The van der Waals surface area contributed by atoms with Gasteiger partial charge in [-0.05, 0) is 31.9 Å². The topological polar surface area (TPSA) is 70.9 Å². The van der Waals surface area contributed by atoms with Crippen molar-refractivity contribution >= 4 is 11.6 Å². The number of carbonyl (C=O) groups is 1. The van der Waals surface area contributed by atoms with Crippen molar-refractivity contribution in [2.75, 3.05) is 13.2 Å². The molecule has 1 saturated carbocycles. The van der Waals surface area contributed by atoms with Crippen LogP contribution in [0.15, 0.2) is 29.4 Å². The fourth-order valence-corrected chi connectivity index (χ4v) is 3.45. The summed E-state index contributed by atoms with van der Waals surface area (Å²) >= 11 is 0. The summed E-state index contributed by atoms with van der Waals surface area (Å²) in [5.74, 6) is -0.600. The number of carbonyl (C=O) groups excluding carboxylic acids is 1. The second-order valence-electron chi connectivity index (χ2n) is 7.10. The number of hydrogen-bond donors (Lipinski definition) is 2. The number of hydrogen-bond acceptors (Lipinski definition) is 4. The first-order valence-electron chi connectivity index (χ1n) is 8.37. The zero-order valence-corrected chi connectivity index (χ0v) is 13.8. The van der Waals surface area contributed by atoms with Crippen LogP contribution in [0.5, 0.6) is 0 Å². The molecule has 1 fully saturated rings. The summed E-state index contributed by atoms with van der Waals surface area (Å²) in [6, 6.07) is 6.09. The van der Waals surface area contributed by atoms with Crippen LogP contribution in [0.1, 0.15) is 44.6 Å². The number of oxime groups is 1. The van der Waals surface area contributed by atoms with E-state index in [1.807, 2.05) is 0 Å². The fourth-order valence-electron chi connectivity index (χ4n) is 3.45. The number of aliphatic hydroxyl groups excluding tert-OH is 1. The standard InChI is InChI=1S/C18H23FN2O3/c1-17(16(23)20-11-18(12-22)7-2-3-8-18)10-15(21-24-17)13-5-4-6-14(19)9-13/h4-6,9,22H,2-3,7-8,10-12H2,1H3,(H,20,23). The molecule has 1 aromatic rings. The number of aliphatic hydroxyl groups is 1. The monoisotopic (exact) mass is 334 g/mol. The summed E-state index contributed by atoms with van der Waals surface area (Å²) in [5, 5.41) is 16.5. The van der Waals surface area contributed by atoms with Gasteiger partial charge in [0.15, 0.2) is 0 Å². The third-order valence-electron chi connectivity index (χ3n) is 5.12. The van der Waals surface area contributed by atoms with Crippen molar-refractivity contribution in [2.24, 2.45) is 10.6 Å². The molecule has 1 amide bonds. The number of amides is 1. The van der Waals surface area contributed by atoms with Crippen LogP contribution in [0.2, 0.25) is 0 Å². The van der Waals surface area contributed by atoms with Crippen LogP contribution in [0, 0.1) is 11.2 Å². The SMILES string of the molecule is CC1(C(=O)NCC2(CO)CCCC2)CC(c2cccc(F)c2)=NO1. The van der Waals surface area contributed by atoms with Crippen molar-refractivity contribution in [3.8, 4) is 0 Å². The molecule has 1 atom stereocenters. The van der Waals surface area contributed by atoms with Gasteiger partial charge in [-0.15, -0.1) is 0 Å². The zero-order valence-electron chi connectivity index (χ0n) is 13.8. The maximum Gasteiger partial charge on any atom is 0.267 e. The van der Waals surface area contributed by atoms with Gasteiger partial charge in [-0.2, -0.15) is 0 Å². The average molecular weight is 334 g/mol. The van der Waals surface area contributed by atoms with Gasteiger partial charge in [0.25, 0.3) is 5.91 Å². The quantitative estimate of drug-likeness (QED) is 0.868. The molecule has 2 aliphatic rings. The fraction of sp³-hybridized carbons (Fsp3) is 0.556.